The lowest BCUT2D eigenvalue weighted by molar-refractivity contribution is 0.561. The summed E-state index contributed by atoms with van der Waals surface area (Å²) in [6, 6.07) is 7.97. The lowest BCUT2D eigenvalue weighted by Crippen LogP contribution is -2.22. The minimum Gasteiger partial charge on any atom is -0.397 e. The smallest absolute Gasteiger partial charge is 0.0608 e. The summed E-state index contributed by atoms with van der Waals surface area (Å²) in [7, 11) is 0. The Balaban J connectivity index is 2.02. The Morgan fingerprint density at radius 1 is 1.53 bits per heavy atom. The summed E-state index contributed by atoms with van der Waals surface area (Å²) < 4.78 is 2.91. The lowest BCUT2D eigenvalue weighted by Gasteiger charge is -2.17. The van der Waals surface area contributed by atoms with E-state index in [0.717, 1.165) is 22.4 Å². The number of nitrogens with one attached hydrogen (secondary N) is 1. The molecule has 0 fully saturated rings. The summed E-state index contributed by atoms with van der Waals surface area (Å²) in [5.74, 6) is 0. The van der Waals surface area contributed by atoms with Gasteiger partial charge < -0.3 is 11.1 Å². The molecule has 0 spiro atoms. The Morgan fingerprint density at radius 3 is 3.06 bits per heavy atom. The Hall–Kier alpha value is -1.49. The van der Waals surface area contributed by atoms with Crippen molar-refractivity contribution < 1.29 is 0 Å². The molecule has 1 heterocycles. The SMILES string of the molecule is CC(Cn1cccn1)Nc1cc(Br)ccc1N. The first-order valence-electron chi connectivity index (χ1n) is 5.44. The van der Waals surface area contributed by atoms with E-state index in [9.17, 15) is 0 Å². The number of halogens is 1. The second-order valence-electron chi connectivity index (χ2n) is 4.01. The van der Waals surface area contributed by atoms with E-state index in [1.54, 1.807) is 6.20 Å². The zero-order valence-electron chi connectivity index (χ0n) is 9.60. The molecule has 0 saturated heterocycles. The van der Waals surface area contributed by atoms with E-state index in [2.05, 4.69) is 33.3 Å². The zero-order valence-corrected chi connectivity index (χ0v) is 11.2. The van der Waals surface area contributed by atoms with Gasteiger partial charge in [-0.1, -0.05) is 15.9 Å². The fourth-order valence-corrected chi connectivity index (χ4v) is 2.01. The number of aromatic nitrogens is 2. The molecular weight excluding hydrogens is 280 g/mol. The minimum absolute atomic E-state index is 0.256. The van der Waals surface area contributed by atoms with Gasteiger partial charge in [-0.05, 0) is 31.2 Å². The van der Waals surface area contributed by atoms with Crippen molar-refractivity contribution in [3.63, 3.8) is 0 Å². The molecule has 2 rings (SSSR count). The van der Waals surface area contributed by atoms with Crippen LogP contribution in [0.2, 0.25) is 0 Å². The van der Waals surface area contributed by atoms with E-state index in [1.165, 1.54) is 0 Å². The van der Waals surface area contributed by atoms with Crippen molar-refractivity contribution in [1.29, 1.82) is 0 Å². The van der Waals surface area contributed by atoms with Crippen LogP contribution in [0.1, 0.15) is 6.92 Å². The van der Waals surface area contributed by atoms with Gasteiger partial charge in [0.1, 0.15) is 0 Å². The van der Waals surface area contributed by atoms with Crippen LogP contribution < -0.4 is 11.1 Å². The van der Waals surface area contributed by atoms with Crippen LogP contribution in [0.15, 0.2) is 41.1 Å². The molecule has 0 amide bonds. The summed E-state index contributed by atoms with van der Waals surface area (Å²) in [5.41, 5.74) is 7.60. The van der Waals surface area contributed by atoms with Crippen LogP contribution >= 0.6 is 15.9 Å². The van der Waals surface area contributed by atoms with Crippen LogP contribution in [-0.4, -0.2) is 15.8 Å². The number of nitrogens with zero attached hydrogens (tertiary/aromatic N) is 2. The van der Waals surface area contributed by atoms with Crippen LogP contribution in [0.25, 0.3) is 0 Å². The van der Waals surface area contributed by atoms with Gasteiger partial charge in [-0.15, -0.1) is 0 Å². The summed E-state index contributed by atoms with van der Waals surface area (Å²) in [6.45, 7) is 2.90. The highest BCUT2D eigenvalue weighted by Crippen LogP contribution is 2.23. The van der Waals surface area contributed by atoms with Crippen molar-refractivity contribution in [3.05, 3.63) is 41.1 Å². The lowest BCUT2D eigenvalue weighted by atomic mass is 10.2. The Kier molecular flexibility index (Phi) is 3.68. The molecule has 0 saturated carbocycles. The predicted octanol–water partition coefficient (Wildman–Crippen LogP) is 2.73. The maximum absolute atomic E-state index is 5.91. The van der Waals surface area contributed by atoms with Crippen molar-refractivity contribution in [1.82, 2.24) is 9.78 Å². The number of hydrogen-bond acceptors (Lipinski definition) is 3. The van der Waals surface area contributed by atoms with Gasteiger partial charge in [-0.2, -0.15) is 5.10 Å². The molecule has 90 valence electrons. The summed E-state index contributed by atoms with van der Waals surface area (Å²) >= 11 is 3.43. The van der Waals surface area contributed by atoms with Crippen molar-refractivity contribution in [3.8, 4) is 0 Å². The first-order chi connectivity index (χ1) is 8.15. The monoisotopic (exact) mass is 294 g/mol. The van der Waals surface area contributed by atoms with Crippen LogP contribution in [0.3, 0.4) is 0 Å². The highest BCUT2D eigenvalue weighted by Gasteiger charge is 2.06. The number of benzene rings is 1. The second-order valence-corrected chi connectivity index (χ2v) is 4.92. The molecule has 1 atom stereocenters. The number of nitrogens with two attached hydrogens (primary N) is 1. The average molecular weight is 295 g/mol. The summed E-state index contributed by atoms with van der Waals surface area (Å²) in [5, 5.41) is 7.55. The van der Waals surface area contributed by atoms with E-state index >= 15 is 0 Å². The van der Waals surface area contributed by atoms with Gasteiger partial charge in [0.2, 0.25) is 0 Å². The quantitative estimate of drug-likeness (QED) is 0.853. The third-order valence-electron chi connectivity index (χ3n) is 2.44. The van der Waals surface area contributed by atoms with Crippen molar-refractivity contribution in [2.45, 2.75) is 19.5 Å². The molecule has 0 aliphatic heterocycles. The van der Waals surface area contributed by atoms with E-state index in [-0.39, 0.29) is 6.04 Å². The van der Waals surface area contributed by atoms with Crippen molar-refractivity contribution >= 4 is 27.3 Å². The zero-order chi connectivity index (χ0) is 12.3. The van der Waals surface area contributed by atoms with Gasteiger partial charge in [0.25, 0.3) is 0 Å². The second kappa shape index (κ2) is 5.23. The predicted molar refractivity (Wildman–Crippen MR) is 73.9 cm³/mol. The molecule has 0 radical (unpaired) electrons. The summed E-state index contributed by atoms with van der Waals surface area (Å²) in [4.78, 5) is 0. The van der Waals surface area contributed by atoms with Crippen molar-refractivity contribution in [2.24, 2.45) is 0 Å². The minimum atomic E-state index is 0.256. The number of anilines is 2. The molecule has 1 unspecified atom stereocenters. The molecule has 0 aliphatic carbocycles. The normalized spacial score (nSPS) is 12.4. The molecule has 1 aromatic carbocycles. The van der Waals surface area contributed by atoms with Crippen molar-refractivity contribution in [2.75, 3.05) is 11.1 Å². The topological polar surface area (TPSA) is 55.9 Å². The third-order valence-corrected chi connectivity index (χ3v) is 2.93. The molecule has 17 heavy (non-hydrogen) atoms. The van der Waals surface area contributed by atoms with E-state index in [1.807, 2.05) is 35.1 Å². The van der Waals surface area contributed by atoms with Crippen LogP contribution in [-0.2, 0) is 6.54 Å². The molecule has 0 aliphatic rings. The fourth-order valence-electron chi connectivity index (χ4n) is 1.65. The van der Waals surface area contributed by atoms with Gasteiger partial charge >= 0.3 is 0 Å². The van der Waals surface area contributed by atoms with Crippen LogP contribution in [0.5, 0.6) is 0 Å². The molecular formula is C12H15BrN4. The highest BCUT2D eigenvalue weighted by atomic mass is 79.9. The standard InChI is InChI=1S/C12H15BrN4/c1-9(8-17-6-2-5-15-17)16-12-7-10(13)3-4-11(12)14/h2-7,9,16H,8,14H2,1H3. The van der Waals surface area contributed by atoms with Gasteiger partial charge in [0, 0.05) is 22.9 Å². The molecule has 1 aromatic heterocycles. The maximum Gasteiger partial charge on any atom is 0.0608 e. The Labute approximate surface area is 109 Å². The van der Waals surface area contributed by atoms with Crippen LogP contribution in [0.4, 0.5) is 11.4 Å². The first-order valence-corrected chi connectivity index (χ1v) is 6.23. The number of nitrogen functional groups attached to an aromatic ring is 1. The fraction of sp³-hybridized carbons (Fsp3) is 0.250. The van der Waals surface area contributed by atoms with Gasteiger partial charge in [0.05, 0.1) is 17.9 Å². The highest BCUT2D eigenvalue weighted by molar-refractivity contribution is 9.10. The molecule has 3 N–H and O–H groups in total. The Bertz CT molecular complexity index is 481. The molecule has 2 aromatic rings. The maximum atomic E-state index is 5.91. The largest absolute Gasteiger partial charge is 0.397 e. The molecule has 0 bridgehead atoms. The average Bonchev–Trinajstić information content (AvgIpc) is 2.76. The number of rotatable bonds is 4. The third kappa shape index (κ3) is 3.23. The molecule has 4 nitrogen and oxygen atoms in total. The van der Waals surface area contributed by atoms with Crippen LogP contribution in [0, 0.1) is 0 Å². The van der Waals surface area contributed by atoms with Gasteiger partial charge in [0.15, 0.2) is 0 Å². The van der Waals surface area contributed by atoms with Gasteiger partial charge in [-0.3, -0.25) is 4.68 Å². The molecule has 5 heteroatoms. The number of hydrogen-bond donors (Lipinski definition) is 2. The van der Waals surface area contributed by atoms with E-state index in [0.29, 0.717) is 0 Å². The van der Waals surface area contributed by atoms with E-state index in [4.69, 9.17) is 5.73 Å². The van der Waals surface area contributed by atoms with Gasteiger partial charge in [-0.25, -0.2) is 0 Å². The first kappa shape index (κ1) is 12.0. The van der Waals surface area contributed by atoms with E-state index < -0.39 is 0 Å². The Morgan fingerprint density at radius 2 is 2.35 bits per heavy atom. The summed E-state index contributed by atoms with van der Waals surface area (Å²) in [6.07, 6.45) is 3.72.